The molecule has 0 spiro atoms. The highest BCUT2D eigenvalue weighted by Crippen LogP contribution is 2.32. The predicted molar refractivity (Wildman–Crippen MR) is 70.6 cm³/mol. The minimum atomic E-state index is -0.433. The number of nitrogens with zero attached hydrogens (tertiary/aromatic N) is 2. The third-order valence-corrected chi connectivity index (χ3v) is 3.76. The number of hydrogen-bond donors (Lipinski definition) is 2. The van der Waals surface area contributed by atoms with Crippen molar-refractivity contribution in [1.29, 1.82) is 0 Å². The summed E-state index contributed by atoms with van der Waals surface area (Å²) in [5.74, 6) is 1.06. The fraction of sp³-hybridized carbons (Fsp3) is 0.692. The monoisotopic (exact) mass is 252 g/mol. The zero-order valence-corrected chi connectivity index (χ0v) is 11.0. The van der Waals surface area contributed by atoms with Crippen molar-refractivity contribution in [3.63, 3.8) is 0 Å². The quantitative estimate of drug-likeness (QED) is 0.868. The van der Waals surface area contributed by atoms with Gasteiger partial charge in [-0.25, -0.2) is 9.37 Å². The van der Waals surface area contributed by atoms with E-state index in [0.29, 0.717) is 11.8 Å². The van der Waals surface area contributed by atoms with Crippen LogP contribution in [0.1, 0.15) is 39.5 Å². The fourth-order valence-corrected chi connectivity index (χ4v) is 2.79. The molecular formula is C13H21FN4. The summed E-state index contributed by atoms with van der Waals surface area (Å²) < 4.78 is 13.6. The maximum Gasteiger partial charge on any atom is 0.222 e. The second-order valence-corrected chi connectivity index (χ2v) is 5.37. The first-order valence-electron chi connectivity index (χ1n) is 6.62. The molecule has 18 heavy (non-hydrogen) atoms. The molecule has 1 aliphatic carbocycles. The molecule has 1 aromatic heterocycles. The van der Waals surface area contributed by atoms with Crippen LogP contribution in [0.5, 0.6) is 0 Å². The molecule has 1 heterocycles. The SMILES string of the molecule is CC(C)C1CCCCC1Nc1nc(N)ncc1F. The second kappa shape index (κ2) is 5.50. The van der Waals surface area contributed by atoms with Crippen LogP contribution < -0.4 is 11.1 Å². The number of hydrogen-bond acceptors (Lipinski definition) is 4. The molecule has 2 rings (SSSR count). The van der Waals surface area contributed by atoms with Gasteiger partial charge in [-0.3, -0.25) is 0 Å². The van der Waals surface area contributed by atoms with Crippen molar-refractivity contribution >= 4 is 11.8 Å². The van der Waals surface area contributed by atoms with Crippen LogP contribution in [0.15, 0.2) is 6.20 Å². The Hall–Kier alpha value is -1.39. The van der Waals surface area contributed by atoms with Crippen molar-refractivity contribution < 1.29 is 4.39 Å². The molecule has 3 N–H and O–H groups in total. The Morgan fingerprint density at radius 1 is 1.39 bits per heavy atom. The Bertz CT molecular complexity index is 408. The van der Waals surface area contributed by atoms with E-state index >= 15 is 0 Å². The Morgan fingerprint density at radius 2 is 2.11 bits per heavy atom. The molecule has 1 saturated carbocycles. The number of nitrogens with one attached hydrogen (secondary N) is 1. The number of nitrogen functional groups attached to an aromatic ring is 1. The van der Waals surface area contributed by atoms with Gasteiger partial charge in [0.2, 0.25) is 5.95 Å². The van der Waals surface area contributed by atoms with Gasteiger partial charge in [-0.05, 0) is 24.7 Å². The van der Waals surface area contributed by atoms with Crippen molar-refractivity contribution in [1.82, 2.24) is 9.97 Å². The highest BCUT2D eigenvalue weighted by Gasteiger charge is 2.28. The van der Waals surface area contributed by atoms with Crippen molar-refractivity contribution in [2.45, 2.75) is 45.6 Å². The van der Waals surface area contributed by atoms with E-state index < -0.39 is 5.82 Å². The maximum atomic E-state index is 13.6. The lowest BCUT2D eigenvalue weighted by atomic mass is 9.78. The highest BCUT2D eigenvalue weighted by atomic mass is 19.1. The smallest absolute Gasteiger partial charge is 0.222 e. The number of anilines is 2. The molecule has 4 nitrogen and oxygen atoms in total. The van der Waals surface area contributed by atoms with Crippen LogP contribution in [-0.4, -0.2) is 16.0 Å². The van der Waals surface area contributed by atoms with E-state index in [-0.39, 0.29) is 17.8 Å². The van der Waals surface area contributed by atoms with Gasteiger partial charge >= 0.3 is 0 Å². The first-order chi connectivity index (χ1) is 8.58. The Balaban J connectivity index is 2.13. The molecule has 2 atom stereocenters. The largest absolute Gasteiger partial charge is 0.368 e. The van der Waals surface area contributed by atoms with Crippen LogP contribution in [0.25, 0.3) is 0 Å². The predicted octanol–water partition coefficient (Wildman–Crippen LogP) is 2.82. The highest BCUT2D eigenvalue weighted by molar-refractivity contribution is 5.40. The van der Waals surface area contributed by atoms with Gasteiger partial charge in [0.1, 0.15) is 0 Å². The van der Waals surface area contributed by atoms with Crippen LogP contribution in [0.3, 0.4) is 0 Å². The van der Waals surface area contributed by atoms with Crippen LogP contribution in [0.4, 0.5) is 16.2 Å². The van der Waals surface area contributed by atoms with Gasteiger partial charge in [-0.15, -0.1) is 0 Å². The van der Waals surface area contributed by atoms with Gasteiger partial charge in [0.25, 0.3) is 0 Å². The number of halogens is 1. The summed E-state index contributed by atoms with van der Waals surface area (Å²) in [6, 6.07) is 0.280. The molecular weight excluding hydrogens is 231 g/mol. The van der Waals surface area contributed by atoms with Gasteiger partial charge in [0.15, 0.2) is 11.6 Å². The molecule has 0 bridgehead atoms. The molecule has 1 aromatic rings. The van der Waals surface area contributed by atoms with Crippen molar-refractivity contribution in [3.8, 4) is 0 Å². The molecule has 0 radical (unpaired) electrons. The summed E-state index contributed by atoms with van der Waals surface area (Å²) in [5, 5.41) is 3.22. The van der Waals surface area contributed by atoms with Gasteiger partial charge in [-0.2, -0.15) is 4.98 Å². The van der Waals surface area contributed by atoms with E-state index in [1.54, 1.807) is 0 Å². The first kappa shape index (κ1) is 13.1. The van der Waals surface area contributed by atoms with E-state index in [0.717, 1.165) is 12.6 Å². The molecule has 2 unspecified atom stereocenters. The Morgan fingerprint density at radius 3 is 2.83 bits per heavy atom. The fourth-order valence-electron chi connectivity index (χ4n) is 2.79. The first-order valence-corrected chi connectivity index (χ1v) is 6.62. The Labute approximate surface area is 107 Å². The van der Waals surface area contributed by atoms with Crippen LogP contribution >= 0.6 is 0 Å². The van der Waals surface area contributed by atoms with Crippen LogP contribution in [0, 0.1) is 17.7 Å². The van der Waals surface area contributed by atoms with Crippen molar-refractivity contribution in [2.75, 3.05) is 11.1 Å². The summed E-state index contributed by atoms with van der Waals surface area (Å²) in [7, 11) is 0. The van der Waals surface area contributed by atoms with Gasteiger partial charge in [-0.1, -0.05) is 26.7 Å². The zero-order valence-electron chi connectivity index (χ0n) is 11.0. The molecule has 0 saturated heterocycles. The maximum absolute atomic E-state index is 13.6. The van der Waals surface area contributed by atoms with Crippen molar-refractivity contribution in [2.24, 2.45) is 11.8 Å². The van der Waals surface area contributed by atoms with Gasteiger partial charge < -0.3 is 11.1 Å². The standard InChI is InChI=1S/C13H21FN4/c1-8(2)9-5-3-4-6-11(9)17-12-10(14)7-16-13(15)18-12/h7-9,11H,3-6H2,1-2H3,(H3,15,16,17,18). The molecule has 0 aliphatic heterocycles. The lowest BCUT2D eigenvalue weighted by molar-refractivity contribution is 0.253. The summed E-state index contributed by atoms with van der Waals surface area (Å²) in [6.45, 7) is 4.44. The number of aromatic nitrogens is 2. The van der Waals surface area contributed by atoms with Gasteiger partial charge in [0, 0.05) is 6.04 Å². The average Bonchev–Trinajstić information content (AvgIpc) is 2.34. The van der Waals surface area contributed by atoms with E-state index in [9.17, 15) is 4.39 Å². The minimum Gasteiger partial charge on any atom is -0.368 e. The summed E-state index contributed by atoms with van der Waals surface area (Å²) in [4.78, 5) is 7.58. The summed E-state index contributed by atoms with van der Waals surface area (Å²) in [6.07, 6.45) is 5.82. The van der Waals surface area contributed by atoms with E-state index in [1.807, 2.05) is 0 Å². The van der Waals surface area contributed by atoms with Crippen LogP contribution in [-0.2, 0) is 0 Å². The molecule has 5 heteroatoms. The van der Waals surface area contributed by atoms with E-state index in [4.69, 9.17) is 5.73 Å². The molecule has 1 aliphatic rings. The lowest BCUT2D eigenvalue weighted by Crippen LogP contribution is -2.35. The average molecular weight is 252 g/mol. The molecule has 1 fully saturated rings. The summed E-state index contributed by atoms with van der Waals surface area (Å²) in [5.41, 5.74) is 5.50. The normalized spacial score (nSPS) is 24.2. The zero-order chi connectivity index (χ0) is 13.1. The molecule has 0 amide bonds. The minimum absolute atomic E-state index is 0.107. The third kappa shape index (κ3) is 2.89. The number of rotatable bonds is 3. The number of nitrogens with two attached hydrogens (primary N) is 1. The topological polar surface area (TPSA) is 63.8 Å². The Kier molecular flexibility index (Phi) is 3.99. The van der Waals surface area contributed by atoms with E-state index in [2.05, 4.69) is 29.1 Å². The summed E-state index contributed by atoms with van der Waals surface area (Å²) >= 11 is 0. The van der Waals surface area contributed by atoms with Crippen molar-refractivity contribution in [3.05, 3.63) is 12.0 Å². The molecule has 0 aromatic carbocycles. The van der Waals surface area contributed by atoms with Gasteiger partial charge in [0.05, 0.1) is 6.20 Å². The van der Waals surface area contributed by atoms with Crippen LogP contribution in [0.2, 0.25) is 0 Å². The third-order valence-electron chi connectivity index (χ3n) is 3.76. The lowest BCUT2D eigenvalue weighted by Gasteiger charge is -2.35. The van der Waals surface area contributed by atoms with E-state index in [1.165, 1.54) is 19.3 Å². The molecule has 100 valence electrons. The second-order valence-electron chi connectivity index (χ2n) is 5.37.